The van der Waals surface area contributed by atoms with Crippen molar-refractivity contribution in [2.75, 3.05) is 13.2 Å². The number of hydrogen-bond donors (Lipinski definition) is 1. The number of halogens is 1. The molecule has 0 aromatic heterocycles. The fourth-order valence-corrected chi connectivity index (χ4v) is 1.30. The van der Waals surface area contributed by atoms with Crippen LogP contribution in [-0.2, 0) is 9.59 Å². The molecule has 5 nitrogen and oxygen atoms in total. The lowest BCUT2D eigenvalue weighted by molar-refractivity contribution is -0.305. The van der Waals surface area contributed by atoms with Gasteiger partial charge >= 0.3 is 0 Å². The lowest BCUT2D eigenvalue weighted by Crippen LogP contribution is -2.33. The molecule has 0 fully saturated rings. The van der Waals surface area contributed by atoms with Crippen LogP contribution in [0.25, 0.3) is 0 Å². The van der Waals surface area contributed by atoms with Crippen LogP contribution < -0.4 is 15.2 Å². The van der Waals surface area contributed by atoms with Gasteiger partial charge in [-0.1, -0.05) is 15.9 Å². The number of rotatable bonds is 6. The van der Waals surface area contributed by atoms with Crippen molar-refractivity contribution >= 4 is 27.8 Å². The van der Waals surface area contributed by atoms with Gasteiger partial charge in [0.2, 0.25) is 0 Å². The summed E-state index contributed by atoms with van der Waals surface area (Å²) in [5.74, 6) is -0.989. The van der Waals surface area contributed by atoms with Gasteiger partial charge in [-0.05, 0) is 24.3 Å². The Bertz CT molecular complexity index is 391. The van der Waals surface area contributed by atoms with Crippen LogP contribution in [0.3, 0.4) is 0 Å². The number of hydrogen-bond acceptors (Lipinski definition) is 4. The molecule has 17 heavy (non-hydrogen) atoms. The average Bonchev–Trinajstić information content (AvgIpc) is 2.28. The van der Waals surface area contributed by atoms with Gasteiger partial charge in [-0.25, -0.2) is 0 Å². The molecule has 92 valence electrons. The van der Waals surface area contributed by atoms with Crippen LogP contribution in [0.1, 0.15) is 6.42 Å². The van der Waals surface area contributed by atoms with Crippen molar-refractivity contribution in [1.29, 1.82) is 0 Å². The summed E-state index contributed by atoms with van der Waals surface area (Å²) < 4.78 is 6.10. The minimum Gasteiger partial charge on any atom is -0.550 e. The molecule has 1 aromatic rings. The summed E-state index contributed by atoms with van der Waals surface area (Å²) in [7, 11) is 0. The van der Waals surface area contributed by atoms with E-state index >= 15 is 0 Å². The Kier molecular flexibility index (Phi) is 5.48. The van der Waals surface area contributed by atoms with Crippen LogP contribution in [0.2, 0.25) is 0 Å². The van der Waals surface area contributed by atoms with Crippen LogP contribution in [0, 0.1) is 0 Å². The highest BCUT2D eigenvalue weighted by molar-refractivity contribution is 9.10. The van der Waals surface area contributed by atoms with E-state index in [9.17, 15) is 14.7 Å². The first-order valence-corrected chi connectivity index (χ1v) is 5.72. The molecule has 0 bridgehead atoms. The van der Waals surface area contributed by atoms with E-state index in [0.29, 0.717) is 5.75 Å². The summed E-state index contributed by atoms with van der Waals surface area (Å²) in [6.07, 6.45) is -0.204. The molecule has 0 aliphatic heterocycles. The zero-order chi connectivity index (χ0) is 12.7. The highest BCUT2D eigenvalue weighted by Gasteiger charge is 2.01. The zero-order valence-corrected chi connectivity index (χ0v) is 10.5. The third-order valence-corrected chi connectivity index (χ3v) is 2.36. The van der Waals surface area contributed by atoms with Crippen molar-refractivity contribution in [2.24, 2.45) is 0 Å². The molecule has 6 heteroatoms. The quantitative estimate of drug-likeness (QED) is 0.807. The molecule has 0 atom stereocenters. The maximum atomic E-state index is 11.2. The van der Waals surface area contributed by atoms with E-state index in [0.717, 1.165) is 4.47 Å². The van der Waals surface area contributed by atoms with Crippen molar-refractivity contribution in [3.8, 4) is 5.75 Å². The predicted molar refractivity (Wildman–Crippen MR) is 62.3 cm³/mol. The van der Waals surface area contributed by atoms with Gasteiger partial charge in [0.05, 0.1) is 0 Å². The second kappa shape index (κ2) is 6.90. The van der Waals surface area contributed by atoms with E-state index in [-0.39, 0.29) is 25.5 Å². The Morgan fingerprint density at radius 2 is 1.94 bits per heavy atom. The monoisotopic (exact) mass is 300 g/mol. The van der Waals surface area contributed by atoms with Crippen LogP contribution in [-0.4, -0.2) is 25.0 Å². The number of carboxylic acid groups (broad SMARTS) is 1. The van der Waals surface area contributed by atoms with Crippen LogP contribution in [0.4, 0.5) is 0 Å². The number of ether oxygens (including phenoxy) is 1. The minimum atomic E-state index is -1.20. The summed E-state index contributed by atoms with van der Waals surface area (Å²) in [4.78, 5) is 21.3. The molecular formula is C11H11BrNO4-. The van der Waals surface area contributed by atoms with E-state index in [1.165, 1.54) is 0 Å². The topological polar surface area (TPSA) is 78.5 Å². The molecule has 0 aliphatic carbocycles. The Balaban J connectivity index is 2.23. The van der Waals surface area contributed by atoms with Crippen molar-refractivity contribution < 1.29 is 19.4 Å². The van der Waals surface area contributed by atoms with E-state index < -0.39 is 5.97 Å². The van der Waals surface area contributed by atoms with Gasteiger partial charge in [0.25, 0.3) is 5.91 Å². The van der Waals surface area contributed by atoms with Crippen LogP contribution >= 0.6 is 15.9 Å². The van der Waals surface area contributed by atoms with Crippen molar-refractivity contribution in [3.63, 3.8) is 0 Å². The Labute approximate surface area is 107 Å². The molecule has 0 saturated carbocycles. The normalized spacial score (nSPS) is 9.71. The van der Waals surface area contributed by atoms with Gasteiger partial charge in [-0.2, -0.15) is 0 Å². The van der Waals surface area contributed by atoms with Gasteiger partial charge in [0, 0.05) is 23.4 Å². The predicted octanol–water partition coefficient (Wildman–Crippen LogP) is 0.0841. The number of carbonyl (C=O) groups excluding carboxylic acids is 2. The number of carbonyl (C=O) groups is 2. The summed E-state index contributed by atoms with van der Waals surface area (Å²) in [5.41, 5.74) is 0. The molecule has 0 spiro atoms. The molecular weight excluding hydrogens is 290 g/mol. The van der Waals surface area contributed by atoms with Crippen LogP contribution in [0.5, 0.6) is 5.75 Å². The molecule has 1 rings (SSSR count). The van der Waals surface area contributed by atoms with Crippen LogP contribution in [0.15, 0.2) is 28.7 Å². The van der Waals surface area contributed by atoms with Gasteiger partial charge in [0.15, 0.2) is 6.61 Å². The third kappa shape index (κ3) is 5.91. The first-order chi connectivity index (χ1) is 8.08. The number of nitrogens with one attached hydrogen (secondary N) is 1. The van der Waals surface area contributed by atoms with Gasteiger partial charge < -0.3 is 20.0 Å². The highest BCUT2D eigenvalue weighted by Crippen LogP contribution is 2.15. The highest BCUT2D eigenvalue weighted by atomic mass is 79.9. The first-order valence-electron chi connectivity index (χ1n) is 4.93. The van der Waals surface area contributed by atoms with Crippen molar-refractivity contribution in [3.05, 3.63) is 28.7 Å². The molecule has 1 aromatic carbocycles. The van der Waals surface area contributed by atoms with Crippen molar-refractivity contribution in [2.45, 2.75) is 6.42 Å². The standard InChI is InChI=1S/C11H12BrNO4/c12-8-1-3-9(4-2-8)17-7-10(14)13-6-5-11(15)16/h1-4H,5-7H2,(H,13,14)(H,15,16)/p-1. The van der Waals surface area contributed by atoms with E-state index in [1.54, 1.807) is 24.3 Å². The fourth-order valence-electron chi connectivity index (χ4n) is 1.03. The van der Waals surface area contributed by atoms with E-state index in [4.69, 9.17) is 4.74 Å². The van der Waals surface area contributed by atoms with Crippen molar-refractivity contribution in [1.82, 2.24) is 5.32 Å². The largest absolute Gasteiger partial charge is 0.550 e. The number of benzene rings is 1. The van der Waals surface area contributed by atoms with Gasteiger partial charge in [-0.15, -0.1) is 0 Å². The fraction of sp³-hybridized carbons (Fsp3) is 0.273. The Morgan fingerprint density at radius 3 is 2.53 bits per heavy atom. The first kappa shape index (κ1) is 13.5. The number of amides is 1. The third-order valence-electron chi connectivity index (χ3n) is 1.83. The number of aliphatic carboxylic acids is 1. The molecule has 1 N–H and O–H groups in total. The number of carboxylic acids is 1. The molecule has 0 radical (unpaired) electrons. The Morgan fingerprint density at radius 1 is 1.29 bits per heavy atom. The zero-order valence-electron chi connectivity index (χ0n) is 8.94. The molecule has 0 saturated heterocycles. The lowest BCUT2D eigenvalue weighted by Gasteiger charge is -2.07. The van der Waals surface area contributed by atoms with Gasteiger partial charge in [0.1, 0.15) is 5.75 Å². The maximum Gasteiger partial charge on any atom is 0.257 e. The summed E-state index contributed by atoms with van der Waals surface area (Å²) in [6.45, 7) is -0.0977. The molecule has 0 unspecified atom stereocenters. The summed E-state index contributed by atoms with van der Waals surface area (Å²) in [5, 5.41) is 12.5. The molecule has 1 amide bonds. The summed E-state index contributed by atoms with van der Waals surface area (Å²) >= 11 is 3.28. The average molecular weight is 301 g/mol. The Hall–Kier alpha value is -1.56. The van der Waals surface area contributed by atoms with E-state index in [2.05, 4.69) is 21.2 Å². The minimum absolute atomic E-state index is 0.0465. The molecule has 0 heterocycles. The second-order valence-corrected chi connectivity index (χ2v) is 4.13. The molecule has 0 aliphatic rings. The smallest absolute Gasteiger partial charge is 0.257 e. The summed E-state index contributed by atoms with van der Waals surface area (Å²) in [6, 6.07) is 7.03. The van der Waals surface area contributed by atoms with E-state index in [1.807, 2.05) is 0 Å². The second-order valence-electron chi connectivity index (χ2n) is 3.21. The van der Waals surface area contributed by atoms with Gasteiger partial charge in [-0.3, -0.25) is 4.79 Å². The maximum absolute atomic E-state index is 11.2. The SMILES string of the molecule is O=C([O-])CCNC(=O)COc1ccc(Br)cc1. The lowest BCUT2D eigenvalue weighted by atomic mass is 10.3.